The lowest BCUT2D eigenvalue weighted by molar-refractivity contribution is -0.130. The summed E-state index contributed by atoms with van der Waals surface area (Å²) in [6.45, 7) is 4.92. The fourth-order valence-corrected chi connectivity index (χ4v) is 4.27. The smallest absolute Gasteiger partial charge is 0.325 e. The summed E-state index contributed by atoms with van der Waals surface area (Å²) in [6.07, 6.45) is 4.65. The predicted molar refractivity (Wildman–Crippen MR) is 134 cm³/mol. The van der Waals surface area contributed by atoms with E-state index in [2.05, 4.69) is 31.6 Å². The van der Waals surface area contributed by atoms with Gasteiger partial charge in [-0.05, 0) is 81.7 Å². The number of pyridine rings is 1. The molecule has 4 rings (SSSR count). The molecule has 3 aromatic rings. The fraction of sp³-hybridized carbons (Fsp3) is 0.385. The van der Waals surface area contributed by atoms with Crippen LogP contribution in [0.3, 0.4) is 0 Å². The Balaban J connectivity index is 1.56. The molecule has 184 valence electrons. The molecule has 1 saturated heterocycles. The minimum atomic E-state index is -0.875. The highest BCUT2D eigenvalue weighted by Gasteiger charge is 2.43. The molecule has 0 bridgehead atoms. The maximum absolute atomic E-state index is 13.1. The Bertz CT molecular complexity index is 1250. The number of fused-ring (bicyclic) bond motifs is 1. The van der Waals surface area contributed by atoms with Crippen LogP contribution in [0, 0.1) is 0 Å². The van der Waals surface area contributed by atoms with E-state index in [1.807, 2.05) is 38.4 Å². The van der Waals surface area contributed by atoms with Gasteiger partial charge in [-0.3, -0.25) is 19.5 Å². The highest BCUT2D eigenvalue weighted by atomic mass is 16.2. The maximum atomic E-state index is 13.1. The van der Waals surface area contributed by atoms with Gasteiger partial charge in [-0.2, -0.15) is 0 Å². The molecule has 0 radical (unpaired) electrons. The molecule has 1 aliphatic rings. The van der Waals surface area contributed by atoms with E-state index in [4.69, 9.17) is 0 Å². The number of carbonyl (C=O) groups is 3. The molecule has 1 fully saturated rings. The molecule has 0 atom stereocenters. The van der Waals surface area contributed by atoms with Gasteiger partial charge in [0.2, 0.25) is 0 Å². The van der Waals surface area contributed by atoms with Crippen LogP contribution in [0.15, 0.2) is 42.7 Å². The molecule has 0 spiro atoms. The maximum Gasteiger partial charge on any atom is 0.325 e. The molecule has 3 N–H and O–H groups in total. The van der Waals surface area contributed by atoms with Gasteiger partial charge >= 0.3 is 6.03 Å². The van der Waals surface area contributed by atoms with Gasteiger partial charge in [-0.1, -0.05) is 6.07 Å². The first-order valence-electron chi connectivity index (χ1n) is 11.7. The van der Waals surface area contributed by atoms with Crippen molar-refractivity contribution in [3.05, 3.63) is 65.1 Å². The summed E-state index contributed by atoms with van der Waals surface area (Å²) in [5, 5.41) is 6.70. The number of aromatic amines is 1. The monoisotopic (exact) mass is 476 g/mol. The molecule has 0 unspecified atom stereocenters. The number of aromatic nitrogens is 2. The number of amides is 4. The van der Waals surface area contributed by atoms with Crippen LogP contribution in [0.2, 0.25) is 0 Å². The molecule has 1 aromatic carbocycles. The van der Waals surface area contributed by atoms with E-state index in [0.717, 1.165) is 34.1 Å². The predicted octanol–water partition coefficient (Wildman–Crippen LogP) is 2.47. The molecular formula is C26H32N6O3. The van der Waals surface area contributed by atoms with Crippen LogP contribution in [0.5, 0.6) is 0 Å². The van der Waals surface area contributed by atoms with Crippen molar-refractivity contribution in [2.24, 2.45) is 0 Å². The van der Waals surface area contributed by atoms with E-state index in [0.29, 0.717) is 31.6 Å². The second kappa shape index (κ2) is 9.87. The minimum Gasteiger partial charge on any atom is -0.350 e. The lowest BCUT2D eigenvalue weighted by atomic mass is 10.0. The molecule has 4 amide bonds. The molecule has 0 aliphatic carbocycles. The summed E-state index contributed by atoms with van der Waals surface area (Å²) >= 11 is 0. The van der Waals surface area contributed by atoms with Crippen molar-refractivity contribution < 1.29 is 14.4 Å². The summed E-state index contributed by atoms with van der Waals surface area (Å²) in [5.41, 5.74) is 3.50. The number of carbonyl (C=O) groups excluding carboxylic acids is 3. The van der Waals surface area contributed by atoms with Gasteiger partial charge in [0.1, 0.15) is 11.2 Å². The van der Waals surface area contributed by atoms with Crippen LogP contribution in [0.4, 0.5) is 4.79 Å². The van der Waals surface area contributed by atoms with E-state index in [1.54, 1.807) is 26.2 Å². The second-order valence-electron chi connectivity index (χ2n) is 9.71. The molecule has 9 nitrogen and oxygen atoms in total. The average Bonchev–Trinajstić information content (AvgIpc) is 3.28. The van der Waals surface area contributed by atoms with Crippen LogP contribution >= 0.6 is 0 Å². The van der Waals surface area contributed by atoms with Crippen LogP contribution in [-0.4, -0.2) is 70.3 Å². The normalized spacial score (nSPS) is 15.2. The summed E-state index contributed by atoms with van der Waals surface area (Å²) in [7, 11) is 4.01. The number of nitrogens with one attached hydrogen (secondary N) is 3. The van der Waals surface area contributed by atoms with E-state index in [9.17, 15) is 14.4 Å². The zero-order valence-electron chi connectivity index (χ0n) is 20.6. The summed E-state index contributed by atoms with van der Waals surface area (Å²) < 4.78 is 0. The Morgan fingerprint density at radius 2 is 1.83 bits per heavy atom. The number of hydrogen-bond donors (Lipinski definition) is 3. The quantitative estimate of drug-likeness (QED) is 0.411. The van der Waals surface area contributed by atoms with Crippen LogP contribution in [0.25, 0.3) is 10.9 Å². The zero-order valence-corrected chi connectivity index (χ0v) is 20.6. The molecule has 0 saturated carbocycles. The van der Waals surface area contributed by atoms with Crippen molar-refractivity contribution in [2.45, 2.75) is 38.8 Å². The SMILES string of the molecule is CN(C)CCc1c(C(=O)NCc2ccncc2)[nH]c2ccc(CCN3C(=O)NC(C)(C)C3=O)cc12. The van der Waals surface area contributed by atoms with Gasteiger partial charge in [-0.25, -0.2) is 4.79 Å². The minimum absolute atomic E-state index is 0.158. The van der Waals surface area contributed by atoms with Gasteiger partial charge in [0.15, 0.2) is 0 Å². The Kier molecular flexibility index (Phi) is 6.88. The van der Waals surface area contributed by atoms with E-state index < -0.39 is 5.54 Å². The zero-order chi connectivity index (χ0) is 25.2. The highest BCUT2D eigenvalue weighted by Crippen LogP contribution is 2.26. The Labute approximate surface area is 204 Å². The van der Waals surface area contributed by atoms with Gasteiger partial charge in [-0.15, -0.1) is 0 Å². The summed E-state index contributed by atoms with van der Waals surface area (Å²) in [5.74, 6) is -0.375. The fourth-order valence-electron chi connectivity index (χ4n) is 4.27. The summed E-state index contributed by atoms with van der Waals surface area (Å²) in [6, 6.07) is 9.37. The van der Waals surface area contributed by atoms with Gasteiger partial charge in [0.25, 0.3) is 11.8 Å². The Morgan fingerprint density at radius 1 is 1.09 bits per heavy atom. The summed E-state index contributed by atoms with van der Waals surface area (Å²) in [4.78, 5) is 48.5. The first-order chi connectivity index (χ1) is 16.7. The largest absolute Gasteiger partial charge is 0.350 e. The Morgan fingerprint density at radius 3 is 2.49 bits per heavy atom. The van der Waals surface area contributed by atoms with E-state index in [-0.39, 0.29) is 17.8 Å². The number of nitrogens with zero attached hydrogens (tertiary/aromatic N) is 3. The van der Waals surface area contributed by atoms with E-state index in [1.165, 1.54) is 4.90 Å². The number of H-pyrrole nitrogens is 1. The lowest BCUT2D eigenvalue weighted by Crippen LogP contribution is -2.40. The van der Waals surface area contributed by atoms with Crippen molar-refractivity contribution in [1.82, 2.24) is 30.4 Å². The Hall–Kier alpha value is -3.72. The van der Waals surface area contributed by atoms with Crippen LogP contribution in [-0.2, 0) is 24.2 Å². The number of rotatable bonds is 9. The standard InChI is InChI=1S/C26H32N6O3/c1-26(2)24(34)32(25(35)30-26)14-9-17-5-6-21-20(15-17)19(10-13-31(3)4)22(29-21)23(33)28-16-18-7-11-27-12-8-18/h5-8,11-12,15,29H,9-10,13-14,16H2,1-4H3,(H,28,33)(H,30,35). The first kappa shape index (κ1) is 24.4. The van der Waals surface area contributed by atoms with Crippen molar-refractivity contribution in [3.8, 4) is 0 Å². The molecule has 2 aromatic heterocycles. The number of benzene rings is 1. The van der Waals surface area contributed by atoms with E-state index >= 15 is 0 Å². The number of likely N-dealkylation sites (N-methyl/N-ethyl adjacent to an activating group) is 1. The molecule has 3 heterocycles. The van der Waals surface area contributed by atoms with Crippen molar-refractivity contribution >= 4 is 28.7 Å². The number of urea groups is 1. The third kappa shape index (κ3) is 5.35. The van der Waals surface area contributed by atoms with Crippen molar-refractivity contribution in [2.75, 3.05) is 27.2 Å². The average molecular weight is 477 g/mol. The van der Waals surface area contributed by atoms with Crippen molar-refractivity contribution in [3.63, 3.8) is 0 Å². The van der Waals surface area contributed by atoms with Gasteiger partial charge < -0.3 is 20.5 Å². The van der Waals surface area contributed by atoms with Gasteiger partial charge in [0.05, 0.1) is 0 Å². The van der Waals surface area contributed by atoms with Crippen molar-refractivity contribution in [1.29, 1.82) is 0 Å². The lowest BCUT2D eigenvalue weighted by Gasteiger charge is -2.16. The van der Waals surface area contributed by atoms with Crippen LogP contribution in [0.1, 0.15) is 41.0 Å². The third-order valence-corrected chi connectivity index (χ3v) is 6.28. The molecule has 9 heteroatoms. The highest BCUT2D eigenvalue weighted by molar-refractivity contribution is 6.06. The van der Waals surface area contributed by atoms with Gasteiger partial charge in [0, 0.05) is 42.9 Å². The molecule has 35 heavy (non-hydrogen) atoms. The third-order valence-electron chi connectivity index (χ3n) is 6.28. The molecular weight excluding hydrogens is 444 g/mol. The molecule has 1 aliphatic heterocycles. The number of imide groups is 1. The second-order valence-corrected chi connectivity index (χ2v) is 9.71. The van der Waals surface area contributed by atoms with Crippen LogP contribution < -0.4 is 10.6 Å². The number of hydrogen-bond acceptors (Lipinski definition) is 5. The topological polar surface area (TPSA) is 110 Å². The first-order valence-corrected chi connectivity index (χ1v) is 11.7.